The molecule has 0 aliphatic carbocycles. The molecule has 2 heterocycles. The van der Waals surface area contributed by atoms with Gasteiger partial charge < -0.3 is 16.0 Å². The number of hydrogen-bond donors (Lipinski definition) is 4. The van der Waals surface area contributed by atoms with E-state index >= 15 is 0 Å². The predicted molar refractivity (Wildman–Crippen MR) is 81.6 cm³/mol. The molecule has 0 spiro atoms. The number of H-pyrrole nitrogens is 1. The smallest absolute Gasteiger partial charge is 0.271 e. The first-order chi connectivity index (χ1) is 11.6. The van der Waals surface area contributed by atoms with Gasteiger partial charge in [0, 0.05) is 12.6 Å². The summed E-state index contributed by atoms with van der Waals surface area (Å²) in [6.07, 6.45) is 2.00. The third-order valence-electron chi connectivity index (χ3n) is 3.70. The van der Waals surface area contributed by atoms with E-state index in [1.165, 1.54) is 6.20 Å². The zero-order valence-corrected chi connectivity index (χ0v) is 12.5. The number of anilines is 1. The molecule has 1 aromatic heterocycles. The van der Waals surface area contributed by atoms with E-state index in [4.69, 9.17) is 0 Å². The Labute approximate surface area is 135 Å². The van der Waals surface area contributed by atoms with Crippen LogP contribution in [-0.4, -0.2) is 41.1 Å². The number of carbonyl (C=O) groups is 2. The van der Waals surface area contributed by atoms with Crippen molar-refractivity contribution in [2.45, 2.75) is 12.5 Å². The highest BCUT2D eigenvalue weighted by Gasteiger charge is 2.23. The van der Waals surface area contributed by atoms with Gasteiger partial charge in [0.25, 0.3) is 11.8 Å². The zero-order valence-electron chi connectivity index (χ0n) is 12.5. The van der Waals surface area contributed by atoms with E-state index < -0.39 is 29.0 Å². The number of rotatable bonds is 4. The Morgan fingerprint density at radius 2 is 1.96 bits per heavy atom. The lowest BCUT2D eigenvalue weighted by Gasteiger charge is -2.11. The highest BCUT2D eigenvalue weighted by molar-refractivity contribution is 6.08. The van der Waals surface area contributed by atoms with E-state index in [0.29, 0.717) is 6.54 Å². The molecular weight excluding hydrogens is 320 g/mol. The van der Waals surface area contributed by atoms with Gasteiger partial charge in [0.15, 0.2) is 0 Å². The van der Waals surface area contributed by atoms with Crippen LogP contribution >= 0.6 is 0 Å². The maximum Gasteiger partial charge on any atom is 0.271 e. The number of carbonyl (C=O) groups excluding carboxylic acids is 2. The van der Waals surface area contributed by atoms with Crippen LogP contribution in [0.2, 0.25) is 0 Å². The van der Waals surface area contributed by atoms with Gasteiger partial charge in [-0.3, -0.25) is 14.7 Å². The summed E-state index contributed by atoms with van der Waals surface area (Å²) in [5.41, 5.74) is -0.650. The van der Waals surface area contributed by atoms with Gasteiger partial charge >= 0.3 is 0 Å². The van der Waals surface area contributed by atoms with Crippen molar-refractivity contribution in [1.29, 1.82) is 0 Å². The summed E-state index contributed by atoms with van der Waals surface area (Å²) in [4.78, 5) is 24.3. The predicted octanol–water partition coefficient (Wildman–Crippen LogP) is 1.03. The zero-order chi connectivity index (χ0) is 17.1. The molecule has 9 heteroatoms. The molecule has 24 heavy (non-hydrogen) atoms. The Morgan fingerprint density at radius 3 is 2.62 bits per heavy atom. The molecule has 126 valence electrons. The lowest BCUT2D eigenvalue weighted by molar-refractivity contribution is 0.0936. The van der Waals surface area contributed by atoms with E-state index in [1.54, 1.807) is 0 Å². The van der Waals surface area contributed by atoms with Crippen LogP contribution < -0.4 is 16.0 Å². The van der Waals surface area contributed by atoms with E-state index in [0.717, 1.165) is 31.2 Å². The first-order valence-corrected chi connectivity index (χ1v) is 7.36. The second-order valence-electron chi connectivity index (χ2n) is 5.37. The molecule has 1 fully saturated rings. The van der Waals surface area contributed by atoms with Crippen LogP contribution in [0.4, 0.5) is 14.5 Å². The van der Waals surface area contributed by atoms with Crippen molar-refractivity contribution in [2.75, 3.05) is 18.4 Å². The summed E-state index contributed by atoms with van der Waals surface area (Å²) in [7, 11) is 0. The van der Waals surface area contributed by atoms with Gasteiger partial charge in [0.1, 0.15) is 22.9 Å². The number of nitrogens with one attached hydrogen (secondary N) is 4. The maximum absolute atomic E-state index is 13.6. The van der Waals surface area contributed by atoms with Crippen LogP contribution in [0.15, 0.2) is 24.4 Å². The molecule has 0 bridgehead atoms. The third kappa shape index (κ3) is 3.25. The van der Waals surface area contributed by atoms with Crippen molar-refractivity contribution < 1.29 is 18.4 Å². The van der Waals surface area contributed by atoms with Gasteiger partial charge in [-0.05, 0) is 25.1 Å². The minimum Gasteiger partial charge on any atom is -0.347 e. The number of aromatic amines is 1. The molecule has 1 saturated heterocycles. The van der Waals surface area contributed by atoms with E-state index in [2.05, 4.69) is 26.1 Å². The van der Waals surface area contributed by atoms with Crippen LogP contribution in [0.25, 0.3) is 0 Å². The maximum atomic E-state index is 13.6. The van der Waals surface area contributed by atoms with Crippen LogP contribution in [0, 0.1) is 11.6 Å². The number of halogens is 2. The fourth-order valence-electron chi connectivity index (χ4n) is 2.49. The van der Waals surface area contributed by atoms with Gasteiger partial charge in [0.05, 0.1) is 11.9 Å². The fourth-order valence-corrected chi connectivity index (χ4v) is 2.49. The van der Waals surface area contributed by atoms with Gasteiger partial charge in [-0.2, -0.15) is 5.10 Å². The van der Waals surface area contributed by atoms with Crippen molar-refractivity contribution in [2.24, 2.45) is 0 Å². The fraction of sp³-hybridized carbons (Fsp3) is 0.267. The minimum absolute atomic E-state index is 0.0200. The molecule has 1 unspecified atom stereocenters. The molecule has 1 atom stereocenters. The molecule has 3 rings (SSSR count). The highest BCUT2D eigenvalue weighted by atomic mass is 19.1. The van der Waals surface area contributed by atoms with E-state index in [-0.39, 0.29) is 17.4 Å². The molecule has 1 aliphatic heterocycles. The number of benzene rings is 1. The van der Waals surface area contributed by atoms with E-state index in [1.807, 2.05) is 0 Å². The number of nitrogens with zero attached hydrogens (tertiary/aromatic N) is 1. The van der Waals surface area contributed by atoms with Crippen LogP contribution in [-0.2, 0) is 0 Å². The highest BCUT2D eigenvalue weighted by Crippen LogP contribution is 2.17. The topological polar surface area (TPSA) is 98.9 Å². The van der Waals surface area contributed by atoms with E-state index in [9.17, 15) is 18.4 Å². The molecule has 2 amide bonds. The summed E-state index contributed by atoms with van der Waals surface area (Å²) in [6.45, 7) is 1.46. The van der Waals surface area contributed by atoms with Gasteiger partial charge in [-0.1, -0.05) is 6.07 Å². The monoisotopic (exact) mass is 335 g/mol. The summed E-state index contributed by atoms with van der Waals surface area (Å²) in [5, 5.41) is 14.4. The lowest BCUT2D eigenvalue weighted by atomic mass is 10.1. The summed E-state index contributed by atoms with van der Waals surface area (Å²) in [6, 6.07) is 3.10. The lowest BCUT2D eigenvalue weighted by Crippen LogP contribution is -2.36. The van der Waals surface area contributed by atoms with Crippen LogP contribution in [0.3, 0.4) is 0 Å². The van der Waals surface area contributed by atoms with Crippen molar-refractivity contribution in [3.8, 4) is 0 Å². The number of amides is 2. The van der Waals surface area contributed by atoms with Gasteiger partial charge in [0.2, 0.25) is 0 Å². The van der Waals surface area contributed by atoms with Crippen molar-refractivity contribution in [1.82, 2.24) is 20.8 Å². The first-order valence-electron chi connectivity index (χ1n) is 7.36. The SMILES string of the molecule is O=C(NC1CCNC1)c1[nH]ncc1NC(=O)c1c(F)cccc1F. The molecule has 0 radical (unpaired) electrons. The standard InChI is InChI=1S/C15H15F2N5O2/c16-9-2-1-3-10(17)12(9)14(23)21-11-7-19-22-13(11)15(24)20-8-4-5-18-6-8/h1-3,7-8,18H,4-6H2,(H,19,22)(H,20,24)(H,21,23). The average molecular weight is 335 g/mol. The normalized spacial score (nSPS) is 16.8. The molecule has 2 aromatic rings. The molecule has 1 aliphatic rings. The Balaban J connectivity index is 1.75. The molecule has 1 aromatic carbocycles. The Hall–Kier alpha value is -2.81. The largest absolute Gasteiger partial charge is 0.347 e. The summed E-state index contributed by atoms with van der Waals surface area (Å²) >= 11 is 0. The Morgan fingerprint density at radius 1 is 1.21 bits per heavy atom. The van der Waals surface area contributed by atoms with Gasteiger partial charge in [-0.25, -0.2) is 8.78 Å². The average Bonchev–Trinajstić information content (AvgIpc) is 3.18. The van der Waals surface area contributed by atoms with Crippen LogP contribution in [0.1, 0.15) is 27.3 Å². The quantitative estimate of drug-likeness (QED) is 0.671. The Kier molecular flexibility index (Phi) is 4.52. The van der Waals surface area contributed by atoms with Crippen molar-refractivity contribution in [3.63, 3.8) is 0 Å². The van der Waals surface area contributed by atoms with Crippen molar-refractivity contribution >= 4 is 17.5 Å². The summed E-state index contributed by atoms with van der Waals surface area (Å²) < 4.78 is 27.3. The van der Waals surface area contributed by atoms with Crippen molar-refractivity contribution in [3.05, 3.63) is 47.3 Å². The summed E-state index contributed by atoms with van der Waals surface area (Å²) in [5.74, 6) is -3.42. The van der Waals surface area contributed by atoms with Gasteiger partial charge in [-0.15, -0.1) is 0 Å². The third-order valence-corrected chi connectivity index (χ3v) is 3.70. The van der Waals surface area contributed by atoms with Crippen LogP contribution in [0.5, 0.6) is 0 Å². The molecule has 7 nitrogen and oxygen atoms in total. The number of hydrogen-bond acceptors (Lipinski definition) is 4. The second kappa shape index (κ2) is 6.75. The molecular formula is C15H15F2N5O2. The Bertz CT molecular complexity index is 751. The second-order valence-corrected chi connectivity index (χ2v) is 5.37. The molecule has 0 saturated carbocycles. The first kappa shape index (κ1) is 16.1. The minimum atomic E-state index is -0.997. The molecule has 4 N–H and O–H groups in total. The number of aromatic nitrogens is 2.